The lowest BCUT2D eigenvalue weighted by Crippen LogP contribution is -2.46. The van der Waals surface area contributed by atoms with E-state index in [1.54, 1.807) is 0 Å². The molecule has 3 rings (SSSR count). The molecule has 1 amide bonds. The lowest BCUT2D eigenvalue weighted by Gasteiger charge is -2.34. The zero-order valence-corrected chi connectivity index (χ0v) is 13.8. The monoisotopic (exact) mass is 319 g/mol. The fourth-order valence-corrected chi connectivity index (χ4v) is 4.52. The van der Waals surface area contributed by atoms with Gasteiger partial charge in [-0.2, -0.15) is 11.8 Å². The van der Waals surface area contributed by atoms with Crippen molar-refractivity contribution in [2.75, 3.05) is 31.1 Å². The van der Waals surface area contributed by atoms with Crippen molar-refractivity contribution in [1.82, 2.24) is 10.2 Å². The molecule has 5 heteroatoms. The average Bonchev–Trinajstić information content (AvgIpc) is 2.71. The number of likely N-dealkylation sites (tertiary alicyclic amines) is 1. The van der Waals surface area contributed by atoms with E-state index in [9.17, 15) is 4.79 Å². The van der Waals surface area contributed by atoms with Gasteiger partial charge in [0.2, 0.25) is 5.91 Å². The summed E-state index contributed by atoms with van der Waals surface area (Å²) in [6, 6.07) is 9.84. The van der Waals surface area contributed by atoms with Crippen LogP contribution in [0.2, 0.25) is 0 Å². The van der Waals surface area contributed by atoms with Crippen molar-refractivity contribution in [2.24, 2.45) is 5.73 Å². The van der Waals surface area contributed by atoms with Crippen molar-refractivity contribution in [3.63, 3.8) is 0 Å². The molecular formula is C17H25N3OS. The number of rotatable bonds is 4. The van der Waals surface area contributed by atoms with E-state index in [0.717, 1.165) is 31.7 Å². The number of aryl methyl sites for hydroxylation is 1. The van der Waals surface area contributed by atoms with Crippen LogP contribution in [0.5, 0.6) is 0 Å². The van der Waals surface area contributed by atoms with Gasteiger partial charge < -0.3 is 11.1 Å². The molecule has 2 heterocycles. The number of hydrogen-bond acceptors (Lipinski definition) is 4. The number of nitrogens with one attached hydrogen (secondary N) is 1. The normalized spacial score (nSPS) is 23.7. The molecule has 1 aromatic rings. The molecular weight excluding hydrogens is 294 g/mol. The van der Waals surface area contributed by atoms with Crippen LogP contribution in [0.1, 0.15) is 30.0 Å². The van der Waals surface area contributed by atoms with Crippen LogP contribution in [-0.4, -0.2) is 48.0 Å². The third-order valence-corrected chi connectivity index (χ3v) is 5.70. The quantitative estimate of drug-likeness (QED) is 0.884. The Morgan fingerprint density at radius 1 is 1.32 bits per heavy atom. The van der Waals surface area contributed by atoms with Gasteiger partial charge in [-0.05, 0) is 36.1 Å². The van der Waals surface area contributed by atoms with Gasteiger partial charge >= 0.3 is 0 Å². The first-order valence-electron chi connectivity index (χ1n) is 8.14. The van der Waals surface area contributed by atoms with Crippen molar-refractivity contribution in [1.29, 1.82) is 0 Å². The number of benzene rings is 1. The van der Waals surface area contributed by atoms with Gasteiger partial charge in [0.25, 0.3) is 0 Å². The van der Waals surface area contributed by atoms with Crippen molar-refractivity contribution >= 4 is 17.7 Å². The molecule has 1 saturated heterocycles. The van der Waals surface area contributed by atoms with E-state index in [1.165, 1.54) is 23.3 Å². The van der Waals surface area contributed by atoms with Crippen LogP contribution in [0.4, 0.5) is 0 Å². The fourth-order valence-electron chi connectivity index (χ4n) is 3.48. The van der Waals surface area contributed by atoms with Gasteiger partial charge in [0.05, 0.1) is 6.54 Å². The predicted molar refractivity (Wildman–Crippen MR) is 92.0 cm³/mol. The zero-order valence-electron chi connectivity index (χ0n) is 13.0. The fraction of sp³-hybridized carbons (Fsp3) is 0.588. The highest BCUT2D eigenvalue weighted by Crippen LogP contribution is 2.28. The predicted octanol–water partition coefficient (Wildman–Crippen LogP) is 1.56. The van der Waals surface area contributed by atoms with Gasteiger partial charge in [-0.3, -0.25) is 9.69 Å². The molecule has 2 aliphatic heterocycles. The second-order valence-corrected chi connectivity index (χ2v) is 7.41. The molecule has 4 nitrogen and oxygen atoms in total. The summed E-state index contributed by atoms with van der Waals surface area (Å²) >= 11 is 2.04. The number of nitrogens with zero attached hydrogens (tertiary/aromatic N) is 1. The van der Waals surface area contributed by atoms with Crippen molar-refractivity contribution in [3.05, 3.63) is 35.4 Å². The molecule has 0 aliphatic carbocycles. The largest absolute Gasteiger partial charge is 0.369 e. The minimum absolute atomic E-state index is 0.222. The number of carbonyl (C=O) groups excluding carboxylic acids is 1. The standard InChI is InChI=1S/C17H25N3OS/c18-17(21)11-20-8-5-14(6-9-20)19-16-12-22-10-7-13-3-1-2-4-15(13)16/h1-4,14,16,19H,5-12H2,(H2,18,21)/t16-/m1/s1. The molecule has 0 aromatic heterocycles. The van der Waals surface area contributed by atoms with Crippen LogP contribution in [0, 0.1) is 0 Å². The van der Waals surface area contributed by atoms with Crippen LogP contribution in [0.3, 0.4) is 0 Å². The van der Waals surface area contributed by atoms with E-state index < -0.39 is 0 Å². The van der Waals surface area contributed by atoms with Crippen molar-refractivity contribution in [3.8, 4) is 0 Å². The summed E-state index contributed by atoms with van der Waals surface area (Å²) in [7, 11) is 0. The van der Waals surface area contributed by atoms with Crippen LogP contribution in [0.25, 0.3) is 0 Å². The molecule has 0 saturated carbocycles. The van der Waals surface area contributed by atoms with Crippen LogP contribution in [-0.2, 0) is 11.2 Å². The molecule has 0 bridgehead atoms. The number of fused-ring (bicyclic) bond motifs is 1. The summed E-state index contributed by atoms with van der Waals surface area (Å²) in [4.78, 5) is 13.2. The summed E-state index contributed by atoms with van der Waals surface area (Å²) in [5, 5.41) is 3.86. The highest BCUT2D eigenvalue weighted by Gasteiger charge is 2.25. The number of primary amides is 1. The first kappa shape index (κ1) is 15.8. The Hall–Kier alpha value is -1.04. The smallest absolute Gasteiger partial charge is 0.231 e. The van der Waals surface area contributed by atoms with Crippen molar-refractivity contribution in [2.45, 2.75) is 31.3 Å². The van der Waals surface area contributed by atoms with Crippen LogP contribution < -0.4 is 11.1 Å². The van der Waals surface area contributed by atoms with E-state index in [0.29, 0.717) is 18.6 Å². The minimum Gasteiger partial charge on any atom is -0.369 e. The van der Waals surface area contributed by atoms with E-state index >= 15 is 0 Å². The Morgan fingerprint density at radius 3 is 2.86 bits per heavy atom. The maximum Gasteiger partial charge on any atom is 0.231 e. The average molecular weight is 319 g/mol. The van der Waals surface area contributed by atoms with Gasteiger partial charge in [0.1, 0.15) is 0 Å². The molecule has 120 valence electrons. The number of amides is 1. The van der Waals surface area contributed by atoms with Gasteiger partial charge in [-0.1, -0.05) is 24.3 Å². The van der Waals surface area contributed by atoms with E-state index in [1.807, 2.05) is 11.8 Å². The molecule has 1 fully saturated rings. The number of thioether (sulfide) groups is 1. The number of nitrogens with two attached hydrogens (primary N) is 1. The second kappa shape index (κ2) is 7.49. The number of carbonyl (C=O) groups is 1. The topological polar surface area (TPSA) is 58.4 Å². The van der Waals surface area contributed by atoms with E-state index in [4.69, 9.17) is 5.73 Å². The second-order valence-electron chi connectivity index (χ2n) is 6.26. The first-order chi connectivity index (χ1) is 10.7. The number of piperidine rings is 1. The molecule has 0 radical (unpaired) electrons. The number of hydrogen-bond donors (Lipinski definition) is 2. The Labute approximate surface area is 136 Å². The van der Waals surface area contributed by atoms with E-state index in [-0.39, 0.29) is 5.91 Å². The van der Waals surface area contributed by atoms with Gasteiger partial charge in [0.15, 0.2) is 0 Å². The van der Waals surface area contributed by atoms with Gasteiger partial charge in [0, 0.05) is 30.9 Å². The summed E-state index contributed by atoms with van der Waals surface area (Å²) < 4.78 is 0. The molecule has 1 aromatic carbocycles. The SMILES string of the molecule is NC(=O)CN1CCC(N[C@@H]2CSCCc3ccccc32)CC1. The Morgan fingerprint density at radius 2 is 2.09 bits per heavy atom. The Kier molecular flexibility index (Phi) is 5.39. The molecule has 2 aliphatic rings. The summed E-state index contributed by atoms with van der Waals surface area (Å²) in [6.45, 7) is 2.32. The van der Waals surface area contributed by atoms with Crippen molar-refractivity contribution < 1.29 is 4.79 Å². The summed E-state index contributed by atoms with van der Waals surface area (Å²) in [5.41, 5.74) is 8.25. The highest BCUT2D eigenvalue weighted by atomic mass is 32.2. The first-order valence-corrected chi connectivity index (χ1v) is 9.30. The lowest BCUT2D eigenvalue weighted by molar-refractivity contribution is -0.119. The Bertz CT molecular complexity index is 514. The third-order valence-electron chi connectivity index (χ3n) is 4.63. The highest BCUT2D eigenvalue weighted by molar-refractivity contribution is 7.99. The molecule has 22 heavy (non-hydrogen) atoms. The lowest BCUT2D eigenvalue weighted by atomic mass is 9.97. The molecule has 0 spiro atoms. The maximum atomic E-state index is 11.0. The minimum atomic E-state index is -0.222. The molecule has 1 atom stereocenters. The van der Waals surface area contributed by atoms with Crippen LogP contribution in [0.15, 0.2) is 24.3 Å². The third kappa shape index (κ3) is 4.03. The van der Waals surface area contributed by atoms with Gasteiger partial charge in [-0.25, -0.2) is 0 Å². The molecule has 3 N–H and O–H groups in total. The Balaban J connectivity index is 1.59. The summed E-state index contributed by atoms with van der Waals surface area (Å²) in [6.07, 6.45) is 3.36. The van der Waals surface area contributed by atoms with Gasteiger partial charge in [-0.15, -0.1) is 0 Å². The molecule has 0 unspecified atom stereocenters. The van der Waals surface area contributed by atoms with Crippen LogP contribution >= 0.6 is 11.8 Å². The summed E-state index contributed by atoms with van der Waals surface area (Å²) in [5.74, 6) is 2.14. The van der Waals surface area contributed by atoms with E-state index in [2.05, 4.69) is 34.5 Å². The zero-order chi connectivity index (χ0) is 15.4. The maximum absolute atomic E-state index is 11.0.